The van der Waals surface area contributed by atoms with E-state index in [1.807, 2.05) is 18.2 Å². The van der Waals surface area contributed by atoms with E-state index in [0.717, 1.165) is 66.7 Å². The van der Waals surface area contributed by atoms with Gasteiger partial charge in [0, 0.05) is 18.8 Å². The summed E-state index contributed by atoms with van der Waals surface area (Å²) in [6, 6.07) is 37.8. The molecule has 1 fully saturated rings. The van der Waals surface area contributed by atoms with Crippen LogP contribution in [0.15, 0.2) is 114 Å². The Kier molecular flexibility index (Phi) is 10.5. The fraction of sp³-hybridized carbons (Fsp3) is 0.375. The van der Waals surface area contributed by atoms with Crippen molar-refractivity contribution in [2.45, 2.75) is 63.4 Å². The molecule has 0 bridgehead atoms. The van der Waals surface area contributed by atoms with Crippen LogP contribution in [0.4, 0.5) is 0 Å². The van der Waals surface area contributed by atoms with Crippen LogP contribution >= 0.6 is 0 Å². The molecule has 46 heavy (non-hydrogen) atoms. The zero-order valence-electron chi connectivity index (χ0n) is 27.0. The van der Waals surface area contributed by atoms with Crippen LogP contribution in [0.5, 0.6) is 5.75 Å². The molecule has 0 N–H and O–H groups in total. The van der Waals surface area contributed by atoms with E-state index >= 15 is 0 Å². The third-order valence-corrected chi connectivity index (χ3v) is 8.49. The number of hydrogen-bond donors (Lipinski definition) is 0. The van der Waals surface area contributed by atoms with Crippen molar-refractivity contribution in [3.8, 4) is 5.75 Å². The van der Waals surface area contributed by atoms with Crippen LogP contribution < -0.4 is 4.74 Å². The Morgan fingerprint density at radius 2 is 1.52 bits per heavy atom. The molecule has 0 amide bonds. The van der Waals surface area contributed by atoms with Crippen molar-refractivity contribution in [3.63, 3.8) is 0 Å². The Hall–Kier alpha value is -3.97. The second-order valence-electron chi connectivity index (χ2n) is 12.6. The summed E-state index contributed by atoms with van der Waals surface area (Å²) in [6.45, 7) is 6.99. The second-order valence-corrected chi connectivity index (χ2v) is 12.6. The first kappa shape index (κ1) is 32.0. The topological polar surface area (TPSA) is 58.5 Å². The van der Waals surface area contributed by atoms with Gasteiger partial charge in [-0.2, -0.15) is 0 Å². The zero-order valence-corrected chi connectivity index (χ0v) is 27.0. The maximum Gasteiger partial charge on any atom is 0.216 e. The Labute approximate surface area is 273 Å². The van der Waals surface area contributed by atoms with E-state index in [1.54, 1.807) is 0 Å². The normalized spacial score (nSPS) is 18.7. The molecule has 6 heteroatoms. The zero-order chi connectivity index (χ0) is 31.7. The Morgan fingerprint density at radius 3 is 2.24 bits per heavy atom. The van der Waals surface area contributed by atoms with Crippen molar-refractivity contribution in [1.29, 1.82) is 0 Å². The highest BCUT2D eigenvalue weighted by Gasteiger charge is 2.38. The molecule has 0 saturated carbocycles. The van der Waals surface area contributed by atoms with Crippen LogP contribution in [0.1, 0.15) is 67.3 Å². The summed E-state index contributed by atoms with van der Waals surface area (Å²) < 4.78 is 30.9. The Morgan fingerprint density at radius 1 is 0.783 bits per heavy atom. The lowest BCUT2D eigenvalue weighted by Gasteiger charge is -2.36. The molecule has 2 aliphatic rings. The van der Waals surface area contributed by atoms with Gasteiger partial charge in [-0.15, -0.1) is 0 Å². The summed E-state index contributed by atoms with van der Waals surface area (Å²) in [4.78, 5) is 4.79. The summed E-state index contributed by atoms with van der Waals surface area (Å²) in [6.07, 6.45) is 4.86. The minimum atomic E-state index is -0.875. The highest BCUT2D eigenvalue weighted by Crippen LogP contribution is 2.42. The molecule has 2 aliphatic heterocycles. The Balaban J connectivity index is 1.30. The smallest absolute Gasteiger partial charge is 0.216 e. The van der Waals surface area contributed by atoms with Gasteiger partial charge >= 0.3 is 0 Å². The predicted octanol–water partition coefficient (Wildman–Crippen LogP) is 8.11. The van der Waals surface area contributed by atoms with Crippen LogP contribution in [-0.4, -0.2) is 50.8 Å². The van der Waals surface area contributed by atoms with E-state index in [4.69, 9.17) is 28.7 Å². The molecule has 6 nitrogen and oxygen atoms in total. The Bertz CT molecular complexity index is 1550. The van der Waals surface area contributed by atoms with Crippen LogP contribution in [0, 0.1) is 0 Å². The van der Waals surface area contributed by atoms with Crippen molar-refractivity contribution in [1.82, 2.24) is 0 Å². The molecule has 1 saturated heterocycles. The molecule has 4 aromatic rings. The number of ether oxygens (including phenoxy) is 5. The fourth-order valence-electron chi connectivity index (χ4n) is 6.14. The van der Waals surface area contributed by atoms with Crippen LogP contribution in [0.25, 0.3) is 0 Å². The van der Waals surface area contributed by atoms with Gasteiger partial charge in [-0.25, -0.2) is 4.99 Å². The predicted molar refractivity (Wildman–Crippen MR) is 182 cm³/mol. The van der Waals surface area contributed by atoms with Crippen molar-refractivity contribution in [2.24, 2.45) is 4.99 Å². The van der Waals surface area contributed by atoms with Crippen molar-refractivity contribution in [2.75, 3.05) is 33.0 Å². The lowest BCUT2D eigenvalue weighted by atomic mass is 9.79. The number of benzene rings is 4. The van der Waals surface area contributed by atoms with Crippen LogP contribution in [0.2, 0.25) is 0 Å². The summed E-state index contributed by atoms with van der Waals surface area (Å²) in [5.74, 6) is 1.45. The average molecular weight is 620 g/mol. The number of nitrogens with zero attached hydrogens (tertiary/aromatic N) is 1. The first-order valence-electron chi connectivity index (χ1n) is 16.6. The minimum Gasteiger partial charge on any atom is -0.491 e. The summed E-state index contributed by atoms with van der Waals surface area (Å²) in [5.41, 5.74) is 4.23. The van der Waals surface area contributed by atoms with E-state index in [9.17, 15) is 0 Å². The van der Waals surface area contributed by atoms with Crippen molar-refractivity contribution in [3.05, 3.63) is 137 Å². The molecule has 0 aromatic heterocycles. The van der Waals surface area contributed by atoms with Gasteiger partial charge in [-0.05, 0) is 92.5 Å². The van der Waals surface area contributed by atoms with Gasteiger partial charge in [0.15, 0.2) is 6.29 Å². The first-order chi connectivity index (χ1) is 22.5. The molecule has 4 aromatic carbocycles. The average Bonchev–Trinajstić information content (AvgIpc) is 3.48. The lowest BCUT2D eigenvalue weighted by Crippen LogP contribution is -2.33. The van der Waals surface area contributed by atoms with Gasteiger partial charge in [0.1, 0.15) is 24.6 Å². The van der Waals surface area contributed by atoms with Gasteiger partial charge in [0.05, 0.1) is 12.1 Å². The number of hydrogen-bond acceptors (Lipinski definition) is 6. The summed E-state index contributed by atoms with van der Waals surface area (Å²) >= 11 is 0. The van der Waals surface area contributed by atoms with Crippen molar-refractivity contribution < 1.29 is 23.7 Å². The SMILES string of the molecule is CC1(C)COC(c2ccc(C(OCCCc3ccccc3)(c3ccccc3)c3cccc(OCCOC4CCCCO4)c3)cc2)=N1. The molecule has 240 valence electrons. The van der Waals surface area contributed by atoms with Crippen molar-refractivity contribution >= 4 is 5.90 Å². The largest absolute Gasteiger partial charge is 0.491 e. The van der Waals surface area contributed by atoms with E-state index in [1.165, 1.54) is 5.56 Å². The summed E-state index contributed by atoms with van der Waals surface area (Å²) in [5, 5.41) is 0. The van der Waals surface area contributed by atoms with Gasteiger partial charge in [0.25, 0.3) is 0 Å². The number of aryl methyl sites for hydroxylation is 1. The highest BCUT2D eigenvalue weighted by atomic mass is 16.7. The number of rotatable bonds is 14. The van der Waals surface area contributed by atoms with Crippen LogP contribution in [0.3, 0.4) is 0 Å². The molecule has 0 radical (unpaired) electrons. The third kappa shape index (κ3) is 7.87. The molecule has 0 spiro atoms. The van der Waals surface area contributed by atoms with E-state index in [2.05, 4.69) is 105 Å². The molecule has 2 heterocycles. The van der Waals surface area contributed by atoms with E-state index < -0.39 is 5.60 Å². The number of aliphatic imine (C=N–C) groups is 1. The van der Waals surface area contributed by atoms with Gasteiger partial charge in [-0.1, -0.05) is 84.9 Å². The fourth-order valence-corrected chi connectivity index (χ4v) is 6.14. The highest BCUT2D eigenvalue weighted by molar-refractivity contribution is 5.95. The standard InChI is InChI=1S/C40H45NO5/c1-39(2)30-45-38(41-39)32-21-23-34(24-22-32)40(33-16-7-4-8-17-33,46-26-12-15-31-13-5-3-6-14-31)35-18-11-19-36(29-35)42-27-28-44-37-20-9-10-25-43-37/h3-8,11,13-14,16-19,21-24,29,37H,9-10,12,15,20,25-28,30H2,1-2H3. The molecule has 0 aliphatic carbocycles. The maximum absolute atomic E-state index is 7.11. The van der Waals surface area contributed by atoms with Crippen LogP contribution in [-0.2, 0) is 31.0 Å². The third-order valence-electron chi connectivity index (χ3n) is 8.49. The lowest BCUT2D eigenvalue weighted by molar-refractivity contribution is -0.165. The maximum atomic E-state index is 7.11. The second kappa shape index (κ2) is 15.1. The molecule has 6 rings (SSSR count). The molecule has 2 atom stereocenters. The van der Waals surface area contributed by atoms with E-state index in [0.29, 0.717) is 32.3 Å². The van der Waals surface area contributed by atoms with Gasteiger partial charge in [0.2, 0.25) is 5.90 Å². The van der Waals surface area contributed by atoms with E-state index in [-0.39, 0.29) is 11.8 Å². The molecule has 2 unspecified atom stereocenters. The van der Waals surface area contributed by atoms with Gasteiger partial charge in [-0.3, -0.25) is 0 Å². The molecular weight excluding hydrogens is 574 g/mol. The quantitative estimate of drug-likeness (QED) is 0.105. The molecular formula is C40H45NO5. The minimum absolute atomic E-state index is 0.131. The van der Waals surface area contributed by atoms with Gasteiger partial charge < -0.3 is 23.7 Å². The first-order valence-corrected chi connectivity index (χ1v) is 16.6. The monoisotopic (exact) mass is 619 g/mol. The summed E-state index contributed by atoms with van der Waals surface area (Å²) in [7, 11) is 0.